The van der Waals surface area contributed by atoms with Crippen LogP contribution in [0.4, 0.5) is 0 Å². The van der Waals surface area contributed by atoms with E-state index in [2.05, 4.69) is 41.9 Å². The van der Waals surface area contributed by atoms with Crippen molar-refractivity contribution in [3.63, 3.8) is 0 Å². The van der Waals surface area contributed by atoms with E-state index < -0.39 is 0 Å². The maximum atomic E-state index is 5.99. The van der Waals surface area contributed by atoms with Crippen molar-refractivity contribution in [1.82, 2.24) is 0 Å². The largest absolute Gasteiger partial charge is 0.484 e. The normalized spacial score (nSPS) is 12.2. The van der Waals surface area contributed by atoms with Crippen LogP contribution in [0, 0.1) is 13.8 Å². The molecule has 19 heavy (non-hydrogen) atoms. The second kappa shape index (κ2) is 6.22. The van der Waals surface area contributed by atoms with Crippen molar-refractivity contribution in [3.05, 3.63) is 63.6 Å². The molecule has 2 N–H and O–H groups in total. The molecule has 0 radical (unpaired) electrons. The first kappa shape index (κ1) is 14.1. The first-order valence-corrected chi connectivity index (χ1v) is 7.09. The van der Waals surface area contributed by atoms with Gasteiger partial charge in [-0.2, -0.15) is 0 Å². The molecule has 0 heterocycles. The lowest BCUT2D eigenvalue weighted by Gasteiger charge is -2.18. The van der Waals surface area contributed by atoms with E-state index in [-0.39, 0.29) is 6.10 Å². The molecule has 0 saturated carbocycles. The highest BCUT2D eigenvalue weighted by molar-refractivity contribution is 9.10. The lowest BCUT2D eigenvalue weighted by atomic mass is 10.1. The molecule has 0 amide bonds. The van der Waals surface area contributed by atoms with Gasteiger partial charge in [0.05, 0.1) is 0 Å². The predicted molar refractivity (Wildman–Crippen MR) is 82.5 cm³/mol. The SMILES string of the molecule is Cc1ccc(OC(CN)c2ccc(Br)cc2)cc1C. The number of benzene rings is 2. The molecule has 2 aromatic carbocycles. The third kappa shape index (κ3) is 3.58. The Kier molecular flexibility index (Phi) is 4.61. The maximum absolute atomic E-state index is 5.99. The summed E-state index contributed by atoms with van der Waals surface area (Å²) in [5, 5.41) is 0. The zero-order chi connectivity index (χ0) is 13.8. The third-order valence-corrected chi connectivity index (χ3v) is 3.74. The van der Waals surface area contributed by atoms with Crippen LogP contribution < -0.4 is 10.5 Å². The van der Waals surface area contributed by atoms with Crippen LogP contribution in [0.3, 0.4) is 0 Å². The van der Waals surface area contributed by atoms with Crippen LogP contribution in [0.5, 0.6) is 5.75 Å². The second-order valence-electron chi connectivity index (χ2n) is 4.64. The van der Waals surface area contributed by atoms with Crippen LogP contribution in [-0.2, 0) is 0 Å². The molecule has 2 nitrogen and oxygen atoms in total. The second-order valence-corrected chi connectivity index (χ2v) is 5.56. The number of halogens is 1. The van der Waals surface area contributed by atoms with Gasteiger partial charge in [-0.25, -0.2) is 0 Å². The average Bonchev–Trinajstić information content (AvgIpc) is 2.41. The standard InChI is InChI=1S/C16H18BrNO/c1-11-3-8-15(9-12(11)2)19-16(10-18)13-4-6-14(17)7-5-13/h3-9,16H,10,18H2,1-2H3. The Hall–Kier alpha value is -1.32. The molecule has 2 rings (SSSR count). The molecule has 0 aliphatic rings. The van der Waals surface area contributed by atoms with E-state index in [4.69, 9.17) is 10.5 Å². The van der Waals surface area contributed by atoms with Crippen molar-refractivity contribution in [2.45, 2.75) is 20.0 Å². The molecule has 3 heteroatoms. The van der Waals surface area contributed by atoms with E-state index in [0.29, 0.717) is 6.54 Å². The zero-order valence-electron chi connectivity index (χ0n) is 11.2. The zero-order valence-corrected chi connectivity index (χ0v) is 12.8. The van der Waals surface area contributed by atoms with Gasteiger partial charge in [0.1, 0.15) is 11.9 Å². The number of rotatable bonds is 4. The van der Waals surface area contributed by atoms with E-state index in [1.807, 2.05) is 30.3 Å². The molecule has 0 saturated heterocycles. The summed E-state index contributed by atoms with van der Waals surface area (Å²) in [6.07, 6.45) is -0.116. The summed E-state index contributed by atoms with van der Waals surface area (Å²) in [5.41, 5.74) is 9.40. The smallest absolute Gasteiger partial charge is 0.136 e. The molecule has 100 valence electrons. The highest BCUT2D eigenvalue weighted by Gasteiger charge is 2.11. The van der Waals surface area contributed by atoms with Gasteiger partial charge < -0.3 is 10.5 Å². The fourth-order valence-corrected chi connectivity index (χ4v) is 2.15. The summed E-state index contributed by atoms with van der Waals surface area (Å²) >= 11 is 3.43. The lowest BCUT2D eigenvalue weighted by Crippen LogP contribution is -2.18. The number of nitrogens with two attached hydrogens (primary N) is 1. The Labute approximate surface area is 122 Å². The van der Waals surface area contributed by atoms with Crippen LogP contribution in [-0.4, -0.2) is 6.54 Å². The van der Waals surface area contributed by atoms with Gasteiger partial charge in [-0.15, -0.1) is 0 Å². The van der Waals surface area contributed by atoms with Gasteiger partial charge in [-0.1, -0.05) is 34.1 Å². The summed E-state index contributed by atoms with van der Waals surface area (Å²) in [4.78, 5) is 0. The Bertz CT molecular complexity index is 551. The van der Waals surface area contributed by atoms with Gasteiger partial charge in [0, 0.05) is 11.0 Å². The van der Waals surface area contributed by atoms with E-state index in [9.17, 15) is 0 Å². The average molecular weight is 320 g/mol. The quantitative estimate of drug-likeness (QED) is 0.919. The Morgan fingerprint density at radius 3 is 2.32 bits per heavy atom. The first-order chi connectivity index (χ1) is 9.10. The van der Waals surface area contributed by atoms with Crippen LogP contribution >= 0.6 is 15.9 Å². The minimum atomic E-state index is -0.116. The van der Waals surface area contributed by atoms with Crippen LogP contribution in [0.1, 0.15) is 22.8 Å². The van der Waals surface area contributed by atoms with Gasteiger partial charge in [0.2, 0.25) is 0 Å². The van der Waals surface area contributed by atoms with E-state index >= 15 is 0 Å². The summed E-state index contributed by atoms with van der Waals surface area (Å²) in [5.74, 6) is 0.862. The van der Waals surface area contributed by atoms with Crippen LogP contribution in [0.2, 0.25) is 0 Å². The van der Waals surface area contributed by atoms with Gasteiger partial charge in [0.15, 0.2) is 0 Å². The maximum Gasteiger partial charge on any atom is 0.136 e. The Morgan fingerprint density at radius 2 is 1.74 bits per heavy atom. The number of hydrogen-bond donors (Lipinski definition) is 1. The van der Waals surface area contributed by atoms with Gasteiger partial charge in [-0.3, -0.25) is 0 Å². The molecule has 0 aromatic heterocycles. The van der Waals surface area contributed by atoms with Crippen molar-refractivity contribution < 1.29 is 4.74 Å². The fraction of sp³-hybridized carbons (Fsp3) is 0.250. The summed E-state index contributed by atoms with van der Waals surface area (Å²) in [6.45, 7) is 4.63. The molecular weight excluding hydrogens is 302 g/mol. The van der Waals surface area contributed by atoms with Crippen LogP contribution in [0.25, 0.3) is 0 Å². The molecule has 2 aromatic rings. The van der Waals surface area contributed by atoms with Crippen molar-refractivity contribution in [3.8, 4) is 5.75 Å². The minimum absolute atomic E-state index is 0.116. The van der Waals surface area contributed by atoms with E-state index in [0.717, 1.165) is 15.8 Å². The minimum Gasteiger partial charge on any atom is -0.484 e. The van der Waals surface area contributed by atoms with Crippen molar-refractivity contribution in [2.24, 2.45) is 5.73 Å². The first-order valence-electron chi connectivity index (χ1n) is 6.29. The predicted octanol–water partition coefficient (Wildman–Crippen LogP) is 4.14. The summed E-state index contributed by atoms with van der Waals surface area (Å²) in [6, 6.07) is 14.2. The van der Waals surface area contributed by atoms with Crippen molar-refractivity contribution in [1.29, 1.82) is 0 Å². The molecule has 0 aliphatic carbocycles. The van der Waals surface area contributed by atoms with E-state index in [1.54, 1.807) is 0 Å². The van der Waals surface area contributed by atoms with Gasteiger partial charge in [-0.05, 0) is 54.8 Å². The molecular formula is C16H18BrNO. The molecule has 0 fully saturated rings. The number of ether oxygens (including phenoxy) is 1. The van der Waals surface area contributed by atoms with Crippen LogP contribution in [0.15, 0.2) is 46.9 Å². The molecule has 1 unspecified atom stereocenters. The molecule has 0 bridgehead atoms. The number of hydrogen-bond acceptors (Lipinski definition) is 2. The number of aryl methyl sites for hydroxylation is 2. The molecule has 0 aliphatic heterocycles. The third-order valence-electron chi connectivity index (χ3n) is 3.21. The van der Waals surface area contributed by atoms with Crippen molar-refractivity contribution >= 4 is 15.9 Å². The highest BCUT2D eigenvalue weighted by atomic mass is 79.9. The Balaban J connectivity index is 2.18. The molecule has 0 spiro atoms. The monoisotopic (exact) mass is 319 g/mol. The van der Waals surface area contributed by atoms with E-state index in [1.165, 1.54) is 11.1 Å². The lowest BCUT2D eigenvalue weighted by molar-refractivity contribution is 0.214. The topological polar surface area (TPSA) is 35.2 Å². The fourth-order valence-electron chi connectivity index (χ4n) is 1.88. The van der Waals surface area contributed by atoms with Gasteiger partial charge in [0.25, 0.3) is 0 Å². The Morgan fingerprint density at radius 1 is 1.05 bits per heavy atom. The van der Waals surface area contributed by atoms with Gasteiger partial charge >= 0.3 is 0 Å². The highest BCUT2D eigenvalue weighted by Crippen LogP contribution is 2.24. The summed E-state index contributed by atoms with van der Waals surface area (Å²) < 4.78 is 7.04. The van der Waals surface area contributed by atoms with Crippen molar-refractivity contribution in [2.75, 3.05) is 6.54 Å². The summed E-state index contributed by atoms with van der Waals surface area (Å²) in [7, 11) is 0. The molecule has 1 atom stereocenters.